The van der Waals surface area contributed by atoms with E-state index in [1.165, 1.54) is 13.1 Å². The van der Waals surface area contributed by atoms with Crippen LogP contribution in [0.15, 0.2) is 59.5 Å². The maximum Gasteiger partial charge on any atom is 0.200 e. The molecule has 4 nitrogen and oxygen atoms in total. The number of rotatable bonds is 4. The van der Waals surface area contributed by atoms with Crippen molar-refractivity contribution in [2.45, 2.75) is 13.5 Å². The Kier molecular flexibility index (Phi) is 3.74. The zero-order chi connectivity index (χ0) is 15.5. The number of nitrogens with one attached hydrogen (secondary N) is 1. The largest absolute Gasteiger partial charge is 0.489 e. The highest BCUT2D eigenvalue weighted by atomic mass is 16.5. The summed E-state index contributed by atoms with van der Waals surface area (Å²) in [5, 5.41) is 0.457. The van der Waals surface area contributed by atoms with Gasteiger partial charge in [0.15, 0.2) is 11.2 Å². The van der Waals surface area contributed by atoms with Gasteiger partial charge >= 0.3 is 0 Å². The van der Waals surface area contributed by atoms with Gasteiger partial charge in [-0.3, -0.25) is 9.59 Å². The third-order valence-electron chi connectivity index (χ3n) is 3.48. The van der Waals surface area contributed by atoms with Gasteiger partial charge in [-0.1, -0.05) is 30.3 Å². The Morgan fingerprint density at radius 2 is 1.91 bits per heavy atom. The van der Waals surface area contributed by atoms with Gasteiger partial charge in [0.25, 0.3) is 0 Å². The fourth-order valence-electron chi connectivity index (χ4n) is 2.29. The second-order valence-electron chi connectivity index (χ2n) is 5.07. The van der Waals surface area contributed by atoms with E-state index in [9.17, 15) is 9.59 Å². The summed E-state index contributed by atoms with van der Waals surface area (Å²) in [7, 11) is 0. The van der Waals surface area contributed by atoms with Crippen LogP contribution in [0.1, 0.15) is 22.8 Å². The SMILES string of the molecule is CC(=O)c1c[nH]c2ccc(OCc3ccccc3)cc2c1=O. The molecule has 4 heteroatoms. The number of ether oxygens (including phenoxy) is 1. The monoisotopic (exact) mass is 293 g/mol. The Labute approximate surface area is 127 Å². The third-order valence-corrected chi connectivity index (χ3v) is 3.48. The number of carbonyl (C=O) groups excluding carboxylic acids is 1. The van der Waals surface area contributed by atoms with Gasteiger partial charge in [-0.2, -0.15) is 0 Å². The number of carbonyl (C=O) groups is 1. The van der Waals surface area contributed by atoms with Crippen LogP contribution in [0.3, 0.4) is 0 Å². The molecule has 3 aromatic rings. The van der Waals surface area contributed by atoms with Crippen molar-refractivity contribution in [2.75, 3.05) is 0 Å². The van der Waals surface area contributed by atoms with Gasteiger partial charge in [0.1, 0.15) is 12.4 Å². The molecule has 0 bridgehead atoms. The molecule has 0 aliphatic carbocycles. The number of fused-ring (bicyclic) bond motifs is 1. The van der Waals surface area contributed by atoms with Crippen molar-refractivity contribution in [3.63, 3.8) is 0 Å². The highest BCUT2D eigenvalue weighted by Crippen LogP contribution is 2.18. The van der Waals surface area contributed by atoms with Gasteiger partial charge in [-0.05, 0) is 30.7 Å². The van der Waals surface area contributed by atoms with Crippen molar-refractivity contribution in [1.82, 2.24) is 4.98 Å². The summed E-state index contributed by atoms with van der Waals surface area (Å²) in [6, 6.07) is 15.0. The second kappa shape index (κ2) is 5.85. The molecule has 22 heavy (non-hydrogen) atoms. The molecule has 0 atom stereocenters. The highest BCUT2D eigenvalue weighted by molar-refractivity contribution is 5.97. The van der Waals surface area contributed by atoms with E-state index in [2.05, 4.69) is 4.98 Å². The van der Waals surface area contributed by atoms with E-state index < -0.39 is 0 Å². The molecule has 0 saturated heterocycles. The summed E-state index contributed by atoms with van der Waals surface area (Å²) in [6.45, 7) is 1.81. The number of benzene rings is 2. The predicted octanol–water partition coefficient (Wildman–Crippen LogP) is 3.31. The summed E-state index contributed by atoms with van der Waals surface area (Å²) in [5.41, 5.74) is 1.62. The summed E-state index contributed by atoms with van der Waals surface area (Å²) in [4.78, 5) is 26.7. The highest BCUT2D eigenvalue weighted by Gasteiger charge is 2.09. The van der Waals surface area contributed by atoms with Crippen molar-refractivity contribution in [1.29, 1.82) is 0 Å². The van der Waals surface area contributed by atoms with Crippen LogP contribution in [0.5, 0.6) is 5.75 Å². The van der Waals surface area contributed by atoms with E-state index in [4.69, 9.17) is 4.74 Å². The fourth-order valence-corrected chi connectivity index (χ4v) is 2.29. The maximum absolute atomic E-state index is 12.3. The molecule has 1 aromatic heterocycles. The minimum Gasteiger partial charge on any atom is -0.489 e. The van der Waals surface area contributed by atoms with Crippen LogP contribution in [0.25, 0.3) is 10.9 Å². The van der Waals surface area contributed by atoms with E-state index in [0.717, 1.165) is 5.56 Å². The predicted molar refractivity (Wildman–Crippen MR) is 85.3 cm³/mol. The number of hydrogen-bond acceptors (Lipinski definition) is 3. The normalized spacial score (nSPS) is 10.6. The molecule has 2 aromatic carbocycles. The number of Topliss-reactive ketones (excluding diaryl/α,β-unsaturated/α-hetero) is 1. The molecule has 0 aliphatic rings. The standard InChI is InChI=1S/C18H15NO3/c1-12(20)16-10-19-17-8-7-14(9-15(17)18(16)21)22-11-13-5-3-2-4-6-13/h2-10H,11H2,1H3,(H,19,21). The number of aromatic nitrogens is 1. The lowest BCUT2D eigenvalue weighted by molar-refractivity contribution is 0.101. The lowest BCUT2D eigenvalue weighted by Gasteiger charge is -2.07. The van der Waals surface area contributed by atoms with Crippen LogP contribution in [-0.2, 0) is 6.61 Å². The van der Waals surface area contributed by atoms with E-state index >= 15 is 0 Å². The molecule has 1 heterocycles. The number of pyridine rings is 1. The Hall–Kier alpha value is -2.88. The molecule has 1 N–H and O–H groups in total. The molecular formula is C18H15NO3. The topological polar surface area (TPSA) is 59.2 Å². The Balaban J connectivity index is 1.93. The van der Waals surface area contributed by atoms with E-state index in [-0.39, 0.29) is 16.8 Å². The van der Waals surface area contributed by atoms with Gasteiger partial charge in [-0.15, -0.1) is 0 Å². The minimum atomic E-state index is -0.272. The lowest BCUT2D eigenvalue weighted by atomic mass is 10.1. The zero-order valence-corrected chi connectivity index (χ0v) is 12.1. The molecule has 110 valence electrons. The minimum absolute atomic E-state index is 0.160. The third kappa shape index (κ3) is 2.76. The average molecular weight is 293 g/mol. The first kappa shape index (κ1) is 14.1. The summed E-state index contributed by atoms with van der Waals surface area (Å²) >= 11 is 0. The van der Waals surface area contributed by atoms with Crippen molar-refractivity contribution in [3.05, 3.63) is 76.1 Å². The van der Waals surface area contributed by atoms with Crippen molar-refractivity contribution >= 4 is 16.7 Å². The first-order valence-electron chi connectivity index (χ1n) is 6.98. The first-order valence-corrected chi connectivity index (χ1v) is 6.98. The van der Waals surface area contributed by atoms with Crippen LogP contribution >= 0.6 is 0 Å². The van der Waals surface area contributed by atoms with Crippen LogP contribution in [0, 0.1) is 0 Å². The summed E-state index contributed by atoms with van der Waals surface area (Å²) in [6.07, 6.45) is 1.46. The van der Waals surface area contributed by atoms with Gasteiger partial charge in [0, 0.05) is 17.1 Å². The van der Waals surface area contributed by atoms with Crippen LogP contribution in [0.4, 0.5) is 0 Å². The quantitative estimate of drug-likeness (QED) is 0.751. The zero-order valence-electron chi connectivity index (χ0n) is 12.1. The summed E-state index contributed by atoms with van der Waals surface area (Å²) in [5.74, 6) is 0.348. The molecule has 0 spiro atoms. The Morgan fingerprint density at radius 1 is 1.14 bits per heavy atom. The Bertz CT molecular complexity index is 882. The fraction of sp³-hybridized carbons (Fsp3) is 0.111. The molecular weight excluding hydrogens is 278 g/mol. The number of hydrogen-bond donors (Lipinski definition) is 1. The van der Waals surface area contributed by atoms with Gasteiger partial charge < -0.3 is 9.72 Å². The molecule has 0 saturated carbocycles. The Morgan fingerprint density at radius 3 is 2.64 bits per heavy atom. The van der Waals surface area contributed by atoms with E-state index in [1.807, 2.05) is 30.3 Å². The summed E-state index contributed by atoms with van der Waals surface area (Å²) < 4.78 is 5.72. The smallest absolute Gasteiger partial charge is 0.200 e. The van der Waals surface area contributed by atoms with Crippen molar-refractivity contribution < 1.29 is 9.53 Å². The van der Waals surface area contributed by atoms with E-state index in [0.29, 0.717) is 23.3 Å². The first-order chi connectivity index (χ1) is 10.6. The van der Waals surface area contributed by atoms with Gasteiger partial charge in [-0.25, -0.2) is 0 Å². The molecule has 0 fully saturated rings. The number of H-pyrrole nitrogens is 1. The lowest BCUT2D eigenvalue weighted by Crippen LogP contribution is -2.13. The van der Waals surface area contributed by atoms with Gasteiger partial charge in [0.2, 0.25) is 0 Å². The van der Waals surface area contributed by atoms with Crippen molar-refractivity contribution in [3.8, 4) is 5.75 Å². The van der Waals surface area contributed by atoms with Crippen molar-refractivity contribution in [2.24, 2.45) is 0 Å². The molecule has 0 unspecified atom stereocenters. The molecule has 3 rings (SSSR count). The van der Waals surface area contributed by atoms with E-state index in [1.54, 1.807) is 18.2 Å². The van der Waals surface area contributed by atoms with Crippen LogP contribution < -0.4 is 10.2 Å². The number of aromatic amines is 1. The molecule has 0 aliphatic heterocycles. The molecule has 0 amide bonds. The number of ketones is 1. The maximum atomic E-state index is 12.3. The molecule has 0 radical (unpaired) electrons. The van der Waals surface area contributed by atoms with Crippen LogP contribution in [-0.4, -0.2) is 10.8 Å². The second-order valence-corrected chi connectivity index (χ2v) is 5.07. The average Bonchev–Trinajstić information content (AvgIpc) is 2.54. The van der Waals surface area contributed by atoms with Gasteiger partial charge in [0.05, 0.1) is 5.56 Å². The van der Waals surface area contributed by atoms with Crippen LogP contribution in [0.2, 0.25) is 0 Å².